The lowest BCUT2D eigenvalue weighted by Crippen LogP contribution is -2.23. The summed E-state index contributed by atoms with van der Waals surface area (Å²) >= 11 is 3.05. The molecule has 7 heteroatoms. The van der Waals surface area contributed by atoms with E-state index < -0.39 is 5.82 Å². The smallest absolute Gasteiger partial charge is 0.251 e. The van der Waals surface area contributed by atoms with E-state index in [0.717, 1.165) is 5.56 Å². The molecule has 0 aliphatic heterocycles. The average molecular weight is 398 g/mol. The Morgan fingerprint density at radius 3 is 2.21 bits per heavy atom. The minimum Gasteiger partial charge on any atom is -0.493 e. The van der Waals surface area contributed by atoms with Gasteiger partial charge in [-0.3, -0.25) is 4.79 Å². The minimum atomic E-state index is -0.490. The van der Waals surface area contributed by atoms with Crippen molar-refractivity contribution >= 4 is 21.8 Å². The van der Waals surface area contributed by atoms with E-state index in [1.807, 2.05) is 0 Å². The maximum absolute atomic E-state index is 13.5. The molecule has 2 rings (SSSR count). The molecule has 0 radical (unpaired) electrons. The maximum Gasteiger partial charge on any atom is 0.251 e. The van der Waals surface area contributed by atoms with Crippen LogP contribution >= 0.6 is 15.9 Å². The van der Waals surface area contributed by atoms with Crippen LogP contribution in [0.4, 0.5) is 4.39 Å². The molecule has 2 aromatic carbocycles. The van der Waals surface area contributed by atoms with Crippen LogP contribution in [-0.2, 0) is 6.54 Å². The highest BCUT2D eigenvalue weighted by molar-refractivity contribution is 9.10. The second-order valence-electron chi connectivity index (χ2n) is 4.85. The molecule has 5 nitrogen and oxygen atoms in total. The normalized spacial score (nSPS) is 10.2. The quantitative estimate of drug-likeness (QED) is 0.809. The van der Waals surface area contributed by atoms with Crippen molar-refractivity contribution in [2.45, 2.75) is 6.54 Å². The van der Waals surface area contributed by atoms with Crippen molar-refractivity contribution in [2.75, 3.05) is 21.3 Å². The Morgan fingerprint density at radius 1 is 1.08 bits per heavy atom. The van der Waals surface area contributed by atoms with E-state index >= 15 is 0 Å². The zero-order chi connectivity index (χ0) is 17.7. The summed E-state index contributed by atoms with van der Waals surface area (Å²) in [4.78, 5) is 12.1. The summed E-state index contributed by atoms with van der Waals surface area (Å²) in [5.41, 5.74) is 0.999. The lowest BCUT2D eigenvalue weighted by atomic mass is 10.1. The molecule has 1 N–H and O–H groups in total. The first-order chi connectivity index (χ1) is 11.5. The standard InChI is InChI=1S/C17H17BrFNO4/c1-22-14-6-10(7-15(23-2)16(14)24-3)9-20-17(21)11-4-5-12(18)13(19)8-11/h4-8H,9H2,1-3H3,(H,20,21). The van der Waals surface area contributed by atoms with Gasteiger partial charge >= 0.3 is 0 Å². The van der Waals surface area contributed by atoms with Crippen LogP contribution in [0.1, 0.15) is 15.9 Å². The van der Waals surface area contributed by atoms with E-state index in [0.29, 0.717) is 21.7 Å². The summed E-state index contributed by atoms with van der Waals surface area (Å²) in [6, 6.07) is 7.68. The average Bonchev–Trinajstić information content (AvgIpc) is 2.60. The van der Waals surface area contributed by atoms with Crippen LogP contribution in [0.2, 0.25) is 0 Å². The Labute approximate surface area is 147 Å². The third-order valence-electron chi connectivity index (χ3n) is 3.36. The summed E-state index contributed by atoms with van der Waals surface area (Å²) in [5.74, 6) is 0.599. The number of ether oxygens (including phenoxy) is 3. The Balaban J connectivity index is 2.16. The van der Waals surface area contributed by atoms with Crippen LogP contribution in [0.25, 0.3) is 0 Å². The lowest BCUT2D eigenvalue weighted by molar-refractivity contribution is 0.0950. The zero-order valence-corrected chi connectivity index (χ0v) is 15.1. The topological polar surface area (TPSA) is 56.8 Å². The van der Waals surface area contributed by atoms with Crippen LogP contribution in [0.15, 0.2) is 34.8 Å². The Hall–Kier alpha value is -2.28. The molecule has 0 heterocycles. The second-order valence-corrected chi connectivity index (χ2v) is 5.70. The Kier molecular flexibility index (Phi) is 6.03. The highest BCUT2D eigenvalue weighted by atomic mass is 79.9. The molecule has 2 aromatic rings. The largest absolute Gasteiger partial charge is 0.493 e. The van der Waals surface area contributed by atoms with Crippen LogP contribution in [0.3, 0.4) is 0 Å². The van der Waals surface area contributed by atoms with Gasteiger partial charge < -0.3 is 19.5 Å². The van der Waals surface area contributed by atoms with Crippen molar-refractivity contribution in [3.05, 3.63) is 51.7 Å². The van der Waals surface area contributed by atoms with Crippen molar-refractivity contribution in [3.8, 4) is 17.2 Å². The van der Waals surface area contributed by atoms with Crippen LogP contribution < -0.4 is 19.5 Å². The number of carbonyl (C=O) groups is 1. The number of halogens is 2. The van der Waals surface area contributed by atoms with Crippen molar-refractivity contribution < 1.29 is 23.4 Å². The first-order valence-electron chi connectivity index (χ1n) is 7.02. The fraction of sp³-hybridized carbons (Fsp3) is 0.235. The molecule has 0 spiro atoms. The van der Waals surface area contributed by atoms with Crippen LogP contribution in [-0.4, -0.2) is 27.2 Å². The number of benzene rings is 2. The number of hydrogen-bond donors (Lipinski definition) is 1. The van der Waals surface area contributed by atoms with Gasteiger partial charge in [0.25, 0.3) is 5.91 Å². The zero-order valence-electron chi connectivity index (χ0n) is 13.5. The molecule has 0 fully saturated rings. The van der Waals surface area contributed by atoms with Crippen molar-refractivity contribution in [2.24, 2.45) is 0 Å². The molecule has 0 aliphatic rings. The number of hydrogen-bond acceptors (Lipinski definition) is 4. The fourth-order valence-corrected chi connectivity index (χ4v) is 2.41. The predicted molar refractivity (Wildman–Crippen MR) is 91.4 cm³/mol. The van der Waals surface area contributed by atoms with E-state index in [1.54, 1.807) is 12.1 Å². The third kappa shape index (κ3) is 3.97. The summed E-state index contributed by atoms with van der Waals surface area (Å²) in [7, 11) is 4.55. The molecular formula is C17H17BrFNO4. The molecule has 128 valence electrons. The first kappa shape index (κ1) is 18.1. The number of rotatable bonds is 6. The van der Waals surface area contributed by atoms with Gasteiger partial charge in [0, 0.05) is 12.1 Å². The maximum atomic E-state index is 13.5. The van der Waals surface area contributed by atoms with E-state index in [4.69, 9.17) is 14.2 Å². The van der Waals surface area contributed by atoms with E-state index in [9.17, 15) is 9.18 Å². The van der Waals surface area contributed by atoms with Gasteiger partial charge in [-0.15, -0.1) is 0 Å². The van der Waals surface area contributed by atoms with Gasteiger partial charge in [-0.05, 0) is 51.8 Å². The molecule has 0 unspecified atom stereocenters. The summed E-state index contributed by atoms with van der Waals surface area (Å²) < 4.78 is 29.6. The van der Waals surface area contributed by atoms with Gasteiger partial charge in [-0.1, -0.05) is 0 Å². The van der Waals surface area contributed by atoms with Crippen molar-refractivity contribution in [3.63, 3.8) is 0 Å². The summed E-state index contributed by atoms with van der Waals surface area (Å²) in [6.45, 7) is 0.229. The molecule has 0 atom stereocenters. The van der Waals surface area contributed by atoms with E-state index in [-0.39, 0.29) is 18.0 Å². The number of carbonyl (C=O) groups excluding carboxylic acids is 1. The van der Waals surface area contributed by atoms with Gasteiger partial charge in [-0.2, -0.15) is 0 Å². The van der Waals surface area contributed by atoms with Crippen LogP contribution in [0, 0.1) is 5.82 Å². The third-order valence-corrected chi connectivity index (χ3v) is 4.00. The van der Waals surface area contributed by atoms with Crippen molar-refractivity contribution in [1.29, 1.82) is 0 Å². The number of nitrogens with one attached hydrogen (secondary N) is 1. The van der Waals surface area contributed by atoms with Gasteiger partial charge in [0.05, 0.1) is 25.8 Å². The van der Waals surface area contributed by atoms with Gasteiger partial charge in [-0.25, -0.2) is 4.39 Å². The molecule has 0 aliphatic carbocycles. The molecule has 24 heavy (non-hydrogen) atoms. The highest BCUT2D eigenvalue weighted by Gasteiger charge is 2.14. The molecule has 0 aromatic heterocycles. The molecular weight excluding hydrogens is 381 g/mol. The van der Waals surface area contributed by atoms with Crippen molar-refractivity contribution in [1.82, 2.24) is 5.32 Å². The predicted octanol–water partition coefficient (Wildman–Crippen LogP) is 3.54. The van der Waals surface area contributed by atoms with Gasteiger partial charge in [0.15, 0.2) is 11.5 Å². The minimum absolute atomic E-state index is 0.229. The van der Waals surface area contributed by atoms with Gasteiger partial charge in [0.1, 0.15) is 5.82 Å². The summed E-state index contributed by atoms with van der Waals surface area (Å²) in [6.07, 6.45) is 0. The Morgan fingerprint density at radius 2 is 1.71 bits per heavy atom. The van der Waals surface area contributed by atoms with E-state index in [1.165, 1.54) is 39.5 Å². The molecule has 0 bridgehead atoms. The fourth-order valence-electron chi connectivity index (χ4n) is 2.16. The second kappa shape index (κ2) is 8.01. The molecule has 0 saturated carbocycles. The number of amides is 1. The lowest BCUT2D eigenvalue weighted by Gasteiger charge is -2.14. The Bertz CT molecular complexity index is 726. The number of methoxy groups -OCH3 is 3. The SMILES string of the molecule is COc1cc(CNC(=O)c2ccc(Br)c(F)c2)cc(OC)c1OC. The molecule has 0 saturated heterocycles. The molecule has 1 amide bonds. The highest BCUT2D eigenvalue weighted by Crippen LogP contribution is 2.38. The summed E-state index contributed by atoms with van der Waals surface area (Å²) in [5, 5.41) is 2.73. The van der Waals surface area contributed by atoms with Gasteiger partial charge in [0.2, 0.25) is 5.75 Å². The monoisotopic (exact) mass is 397 g/mol. The van der Waals surface area contributed by atoms with Crippen LogP contribution in [0.5, 0.6) is 17.2 Å². The van der Waals surface area contributed by atoms with E-state index in [2.05, 4.69) is 21.2 Å². The first-order valence-corrected chi connectivity index (χ1v) is 7.81.